The number of nitrogens with zero attached hydrogens (tertiary/aromatic N) is 2. The van der Waals surface area contributed by atoms with E-state index in [1.807, 2.05) is 6.07 Å². The molecule has 0 aliphatic heterocycles. The molecule has 0 bridgehead atoms. The zero-order valence-electron chi connectivity index (χ0n) is 11.7. The minimum atomic E-state index is -0.784. The van der Waals surface area contributed by atoms with Crippen molar-refractivity contribution in [2.24, 2.45) is 4.99 Å². The largest absolute Gasteiger partial charge is 0.442 e. The van der Waals surface area contributed by atoms with Crippen molar-refractivity contribution >= 4 is 18.1 Å². The van der Waals surface area contributed by atoms with Crippen molar-refractivity contribution in [2.45, 2.75) is 32.8 Å². The van der Waals surface area contributed by atoms with Crippen LogP contribution in [-0.4, -0.2) is 23.7 Å². The van der Waals surface area contributed by atoms with Crippen LogP contribution in [-0.2, 0) is 16.0 Å². The third-order valence-electron chi connectivity index (χ3n) is 2.23. The van der Waals surface area contributed by atoms with E-state index in [-0.39, 0.29) is 12.1 Å². The molecule has 0 N–H and O–H groups in total. The van der Waals surface area contributed by atoms with Crippen molar-refractivity contribution in [1.29, 1.82) is 5.26 Å². The van der Waals surface area contributed by atoms with Gasteiger partial charge in [-0.15, -0.1) is 0 Å². The predicted octanol–water partition coefficient (Wildman–Crippen LogP) is 2.68. The molecule has 5 nitrogen and oxygen atoms in total. The quantitative estimate of drug-likeness (QED) is 0.626. The van der Waals surface area contributed by atoms with Gasteiger partial charge in [-0.3, -0.25) is 4.79 Å². The van der Waals surface area contributed by atoms with E-state index in [9.17, 15) is 9.59 Å². The number of carbonyl (C=O) groups excluding carboxylic acids is 2. The molecule has 1 aromatic carbocycles. The first-order valence-electron chi connectivity index (χ1n) is 6.09. The zero-order chi connectivity index (χ0) is 15.2. The average molecular weight is 272 g/mol. The highest BCUT2D eigenvalue weighted by Gasteiger charge is 2.16. The van der Waals surface area contributed by atoms with Crippen LogP contribution in [0.2, 0.25) is 0 Å². The molecule has 1 aromatic rings. The number of hydrogen-bond donors (Lipinski definition) is 0. The second kappa shape index (κ2) is 6.62. The third-order valence-corrected chi connectivity index (χ3v) is 2.23. The number of ether oxygens (including phenoxy) is 1. The van der Waals surface area contributed by atoms with Crippen molar-refractivity contribution in [3.05, 3.63) is 35.4 Å². The first kappa shape index (κ1) is 15.6. The molecule has 20 heavy (non-hydrogen) atoms. The Hall–Kier alpha value is -2.48. The summed E-state index contributed by atoms with van der Waals surface area (Å²) >= 11 is 0. The lowest BCUT2D eigenvalue weighted by molar-refractivity contribution is -0.102. The molecule has 5 heteroatoms. The molecule has 1 rings (SSSR count). The molecule has 0 radical (unpaired) electrons. The van der Waals surface area contributed by atoms with Gasteiger partial charge in [-0.05, 0) is 38.5 Å². The molecular formula is C15H16N2O3. The fourth-order valence-electron chi connectivity index (χ4n) is 1.42. The third kappa shape index (κ3) is 5.44. The van der Waals surface area contributed by atoms with Crippen LogP contribution in [0.5, 0.6) is 0 Å². The number of carbonyl (C=O) groups is 2. The summed E-state index contributed by atoms with van der Waals surface area (Å²) in [6.45, 7) is 5.17. The summed E-state index contributed by atoms with van der Waals surface area (Å²) in [7, 11) is 0. The van der Waals surface area contributed by atoms with Gasteiger partial charge in [-0.25, -0.2) is 4.79 Å². The molecule has 1 amide bonds. The molecule has 104 valence electrons. The van der Waals surface area contributed by atoms with Crippen molar-refractivity contribution in [2.75, 3.05) is 0 Å². The second-order valence-electron chi connectivity index (χ2n) is 5.19. The number of nitriles is 1. The van der Waals surface area contributed by atoms with Crippen LogP contribution in [0, 0.1) is 11.3 Å². The summed E-state index contributed by atoms with van der Waals surface area (Å²) in [5.74, 6) is 0. The van der Waals surface area contributed by atoms with Crippen LogP contribution in [0.3, 0.4) is 0 Å². The normalized spacial score (nSPS) is 11.6. The number of aldehydes is 1. The minimum Gasteiger partial charge on any atom is -0.442 e. The summed E-state index contributed by atoms with van der Waals surface area (Å²) in [4.78, 5) is 26.1. The van der Waals surface area contributed by atoms with Gasteiger partial charge in [0.25, 0.3) is 0 Å². The van der Waals surface area contributed by atoms with E-state index in [1.165, 1.54) is 0 Å². The molecule has 0 saturated carbocycles. The van der Waals surface area contributed by atoms with Crippen molar-refractivity contribution in [3.63, 3.8) is 0 Å². The Bertz CT molecular complexity index is 560. The topological polar surface area (TPSA) is 79.5 Å². The van der Waals surface area contributed by atoms with Crippen molar-refractivity contribution < 1.29 is 14.3 Å². The van der Waals surface area contributed by atoms with Crippen molar-refractivity contribution in [3.8, 4) is 6.07 Å². The Labute approximate surface area is 117 Å². The lowest BCUT2D eigenvalue weighted by Gasteiger charge is -2.17. The van der Waals surface area contributed by atoms with Gasteiger partial charge in [-0.1, -0.05) is 12.1 Å². The maximum atomic E-state index is 11.5. The van der Waals surface area contributed by atoms with Gasteiger partial charge in [0.15, 0.2) is 6.29 Å². The maximum absolute atomic E-state index is 11.5. The van der Waals surface area contributed by atoms with E-state index in [1.54, 1.807) is 45.0 Å². The standard InChI is InChI=1S/C15H16N2O3/c1-15(2,3)20-14(19)17-13(10-18)8-11-4-6-12(9-16)7-5-11/h4-7,10H,8H2,1-3H3/b17-13-. The van der Waals surface area contributed by atoms with Gasteiger partial charge in [0, 0.05) is 6.42 Å². The first-order valence-corrected chi connectivity index (χ1v) is 6.09. The Morgan fingerprint density at radius 3 is 2.40 bits per heavy atom. The second-order valence-corrected chi connectivity index (χ2v) is 5.19. The van der Waals surface area contributed by atoms with E-state index >= 15 is 0 Å². The Balaban J connectivity index is 2.78. The molecule has 0 aromatic heterocycles. The summed E-state index contributed by atoms with van der Waals surface area (Å²) in [6.07, 6.45) is -0.0374. The number of amides is 1. The number of aliphatic imine (C=N–C) groups is 1. The smallest absolute Gasteiger partial charge is 0.434 e. The van der Waals surface area contributed by atoms with E-state index in [0.29, 0.717) is 11.8 Å². The van der Waals surface area contributed by atoms with Crippen LogP contribution in [0.1, 0.15) is 31.9 Å². The highest BCUT2D eigenvalue weighted by molar-refractivity contribution is 6.30. The van der Waals surface area contributed by atoms with Gasteiger partial charge in [0.1, 0.15) is 5.60 Å². The molecule has 0 fully saturated rings. The van der Waals surface area contributed by atoms with Gasteiger partial charge in [-0.2, -0.15) is 10.3 Å². The highest BCUT2D eigenvalue weighted by atomic mass is 16.6. The summed E-state index contributed by atoms with van der Waals surface area (Å²) in [5, 5.41) is 8.69. The van der Waals surface area contributed by atoms with E-state index in [0.717, 1.165) is 5.56 Å². The molecule has 0 aliphatic carbocycles. The summed E-state index contributed by atoms with van der Waals surface area (Å²) in [6, 6.07) is 8.72. The minimum absolute atomic E-state index is 0.0870. The number of benzene rings is 1. The van der Waals surface area contributed by atoms with E-state index < -0.39 is 11.7 Å². The van der Waals surface area contributed by atoms with Crippen LogP contribution in [0.15, 0.2) is 29.3 Å². The number of rotatable bonds is 3. The van der Waals surface area contributed by atoms with Gasteiger partial charge >= 0.3 is 6.09 Å². The van der Waals surface area contributed by atoms with Crippen molar-refractivity contribution in [1.82, 2.24) is 0 Å². The van der Waals surface area contributed by atoms with Crippen LogP contribution in [0.4, 0.5) is 4.79 Å². The van der Waals surface area contributed by atoms with E-state index in [2.05, 4.69) is 4.99 Å². The zero-order valence-corrected chi connectivity index (χ0v) is 11.7. The summed E-state index contributed by atoms with van der Waals surface area (Å²) in [5.41, 5.74) is 0.760. The first-order chi connectivity index (χ1) is 9.34. The molecule has 0 aliphatic rings. The number of hydrogen-bond acceptors (Lipinski definition) is 4. The Kier molecular flexibility index (Phi) is 5.15. The lowest BCUT2D eigenvalue weighted by atomic mass is 10.1. The molecular weight excluding hydrogens is 256 g/mol. The van der Waals surface area contributed by atoms with Gasteiger partial charge in [0.05, 0.1) is 17.3 Å². The van der Waals surface area contributed by atoms with Crippen LogP contribution < -0.4 is 0 Å². The Morgan fingerprint density at radius 1 is 1.35 bits per heavy atom. The fourth-order valence-corrected chi connectivity index (χ4v) is 1.42. The monoisotopic (exact) mass is 272 g/mol. The SMILES string of the molecule is CC(C)(C)OC(=O)/N=C(\C=O)Cc1ccc(C#N)cc1. The fraction of sp³-hybridized carbons (Fsp3) is 0.333. The summed E-state index contributed by atoms with van der Waals surface area (Å²) < 4.78 is 5.02. The Morgan fingerprint density at radius 2 is 1.95 bits per heavy atom. The van der Waals surface area contributed by atoms with Gasteiger partial charge in [0.2, 0.25) is 0 Å². The molecule has 0 heterocycles. The van der Waals surface area contributed by atoms with Crippen LogP contribution in [0.25, 0.3) is 0 Å². The predicted molar refractivity (Wildman–Crippen MR) is 74.6 cm³/mol. The molecule has 0 saturated heterocycles. The van der Waals surface area contributed by atoms with Crippen LogP contribution >= 0.6 is 0 Å². The molecule has 0 unspecified atom stereocenters. The van der Waals surface area contributed by atoms with Gasteiger partial charge < -0.3 is 4.74 Å². The molecule has 0 atom stereocenters. The highest BCUT2D eigenvalue weighted by Crippen LogP contribution is 2.09. The lowest BCUT2D eigenvalue weighted by Crippen LogP contribution is -2.23. The average Bonchev–Trinajstić information content (AvgIpc) is 2.36. The molecule has 0 spiro atoms. The maximum Gasteiger partial charge on any atom is 0.434 e. The van der Waals surface area contributed by atoms with E-state index in [4.69, 9.17) is 10.00 Å².